The van der Waals surface area contributed by atoms with E-state index in [0.717, 1.165) is 0 Å². The molecule has 0 radical (unpaired) electrons. The molecule has 2 N–H and O–H groups in total. The first-order valence-corrected chi connectivity index (χ1v) is 4.31. The molecule has 1 rings (SSSR count). The van der Waals surface area contributed by atoms with Crippen molar-refractivity contribution in [3.8, 4) is 0 Å². The summed E-state index contributed by atoms with van der Waals surface area (Å²) in [5.74, 6) is 0. The Balaban J connectivity index is 2.78. The molecule has 0 spiro atoms. The van der Waals surface area contributed by atoms with Crippen LogP contribution in [0.2, 0.25) is 0 Å². The van der Waals surface area contributed by atoms with Gasteiger partial charge in [-0.2, -0.15) is 5.06 Å². The monoisotopic (exact) mass is 180 g/mol. The fraction of sp³-hybridized carbons (Fsp3) is 0.400. The number of nitrogens with two attached hydrogens (primary N) is 1. The van der Waals surface area contributed by atoms with Crippen molar-refractivity contribution >= 4 is 0 Å². The maximum absolute atomic E-state index is 5.66. The quantitative estimate of drug-likeness (QED) is 0.707. The summed E-state index contributed by atoms with van der Waals surface area (Å²) in [5.41, 5.74) is 6.83. The molecule has 0 fully saturated rings. The molecule has 0 aliphatic carbocycles. The van der Waals surface area contributed by atoms with Crippen LogP contribution < -0.4 is 5.73 Å². The standard InChI is InChI=1S/C10H16N2O/c1-12(13-2)10(8-11)9-6-4-3-5-7-9/h3-7,10H,8,11H2,1-2H3. The lowest BCUT2D eigenvalue weighted by Crippen LogP contribution is -2.29. The largest absolute Gasteiger partial charge is 0.329 e. The minimum Gasteiger partial charge on any atom is -0.329 e. The van der Waals surface area contributed by atoms with Crippen molar-refractivity contribution in [2.45, 2.75) is 6.04 Å². The number of hydrogen-bond acceptors (Lipinski definition) is 3. The summed E-state index contributed by atoms with van der Waals surface area (Å²) in [6, 6.07) is 10.2. The number of rotatable bonds is 4. The van der Waals surface area contributed by atoms with Gasteiger partial charge in [-0.3, -0.25) is 0 Å². The van der Waals surface area contributed by atoms with Crippen LogP contribution in [0.25, 0.3) is 0 Å². The molecular weight excluding hydrogens is 164 g/mol. The molecule has 0 aliphatic rings. The molecule has 1 aromatic rings. The molecule has 13 heavy (non-hydrogen) atoms. The maximum Gasteiger partial charge on any atom is 0.0721 e. The average molecular weight is 180 g/mol. The molecular formula is C10H16N2O. The van der Waals surface area contributed by atoms with Crippen LogP contribution in [0.1, 0.15) is 11.6 Å². The molecule has 1 unspecified atom stereocenters. The summed E-state index contributed by atoms with van der Waals surface area (Å²) in [6.07, 6.45) is 0. The van der Waals surface area contributed by atoms with Gasteiger partial charge in [0.1, 0.15) is 0 Å². The van der Waals surface area contributed by atoms with Crippen LogP contribution in [0.3, 0.4) is 0 Å². The predicted molar refractivity (Wildman–Crippen MR) is 53.0 cm³/mol. The number of likely N-dealkylation sites (N-methyl/N-ethyl adjacent to an activating group) is 1. The van der Waals surface area contributed by atoms with Gasteiger partial charge in [0.25, 0.3) is 0 Å². The lowest BCUT2D eigenvalue weighted by molar-refractivity contribution is -0.140. The summed E-state index contributed by atoms with van der Waals surface area (Å²) in [5, 5.41) is 1.76. The van der Waals surface area contributed by atoms with Gasteiger partial charge in [0, 0.05) is 13.6 Å². The Morgan fingerprint density at radius 3 is 2.46 bits per heavy atom. The highest BCUT2D eigenvalue weighted by Crippen LogP contribution is 2.16. The summed E-state index contributed by atoms with van der Waals surface area (Å²) < 4.78 is 0. The molecule has 0 saturated heterocycles. The van der Waals surface area contributed by atoms with Gasteiger partial charge < -0.3 is 10.6 Å². The van der Waals surface area contributed by atoms with Gasteiger partial charge >= 0.3 is 0 Å². The van der Waals surface area contributed by atoms with Crippen molar-refractivity contribution in [2.75, 3.05) is 20.7 Å². The zero-order valence-corrected chi connectivity index (χ0v) is 8.10. The van der Waals surface area contributed by atoms with Gasteiger partial charge in [-0.25, -0.2) is 0 Å². The summed E-state index contributed by atoms with van der Waals surface area (Å²) in [6.45, 7) is 0.550. The van der Waals surface area contributed by atoms with Crippen LogP contribution in [0.5, 0.6) is 0 Å². The fourth-order valence-electron chi connectivity index (χ4n) is 1.30. The Morgan fingerprint density at radius 1 is 1.38 bits per heavy atom. The first-order valence-electron chi connectivity index (χ1n) is 4.31. The van der Waals surface area contributed by atoms with Crippen LogP contribution in [-0.4, -0.2) is 25.8 Å². The third-order valence-electron chi connectivity index (χ3n) is 2.13. The van der Waals surface area contributed by atoms with Crippen LogP contribution in [0, 0.1) is 0 Å². The lowest BCUT2D eigenvalue weighted by Gasteiger charge is -2.24. The third-order valence-corrected chi connectivity index (χ3v) is 2.13. The van der Waals surface area contributed by atoms with E-state index in [9.17, 15) is 0 Å². The molecule has 0 amide bonds. The number of benzene rings is 1. The van der Waals surface area contributed by atoms with E-state index in [0.29, 0.717) is 6.54 Å². The van der Waals surface area contributed by atoms with Crippen molar-refractivity contribution in [3.63, 3.8) is 0 Å². The Morgan fingerprint density at radius 2 is 2.00 bits per heavy atom. The van der Waals surface area contributed by atoms with Crippen LogP contribution in [-0.2, 0) is 4.84 Å². The van der Waals surface area contributed by atoms with Crippen LogP contribution in [0.4, 0.5) is 0 Å². The highest BCUT2D eigenvalue weighted by atomic mass is 16.7. The second kappa shape index (κ2) is 4.97. The second-order valence-electron chi connectivity index (χ2n) is 2.89. The van der Waals surface area contributed by atoms with Crippen molar-refractivity contribution in [1.29, 1.82) is 0 Å². The zero-order valence-electron chi connectivity index (χ0n) is 8.10. The maximum atomic E-state index is 5.66. The van der Waals surface area contributed by atoms with Crippen molar-refractivity contribution in [1.82, 2.24) is 5.06 Å². The van der Waals surface area contributed by atoms with E-state index in [2.05, 4.69) is 0 Å². The van der Waals surface area contributed by atoms with E-state index in [1.165, 1.54) is 5.56 Å². The Hall–Kier alpha value is -0.900. The third kappa shape index (κ3) is 2.52. The highest BCUT2D eigenvalue weighted by Gasteiger charge is 2.13. The van der Waals surface area contributed by atoms with Crippen LogP contribution in [0.15, 0.2) is 30.3 Å². The smallest absolute Gasteiger partial charge is 0.0721 e. The predicted octanol–water partition coefficient (Wildman–Crippen LogP) is 1.18. The van der Waals surface area contributed by atoms with Gasteiger partial charge in [0.2, 0.25) is 0 Å². The average Bonchev–Trinajstić information content (AvgIpc) is 2.20. The molecule has 0 bridgehead atoms. The van der Waals surface area contributed by atoms with Gasteiger partial charge in [-0.1, -0.05) is 30.3 Å². The van der Waals surface area contributed by atoms with Crippen molar-refractivity contribution < 1.29 is 4.84 Å². The number of hydroxylamine groups is 2. The molecule has 0 saturated carbocycles. The van der Waals surface area contributed by atoms with E-state index in [1.54, 1.807) is 12.2 Å². The Kier molecular flexibility index (Phi) is 3.89. The Bertz CT molecular complexity index is 238. The molecule has 1 aromatic carbocycles. The zero-order chi connectivity index (χ0) is 9.68. The van der Waals surface area contributed by atoms with E-state index in [4.69, 9.17) is 10.6 Å². The van der Waals surface area contributed by atoms with Gasteiger partial charge in [-0.05, 0) is 5.56 Å². The molecule has 1 atom stereocenters. The topological polar surface area (TPSA) is 38.5 Å². The second-order valence-corrected chi connectivity index (χ2v) is 2.89. The first kappa shape index (κ1) is 10.2. The minimum absolute atomic E-state index is 0.131. The van der Waals surface area contributed by atoms with Gasteiger partial charge in [0.05, 0.1) is 13.2 Å². The summed E-state index contributed by atoms with van der Waals surface area (Å²) in [4.78, 5) is 5.11. The highest BCUT2D eigenvalue weighted by molar-refractivity contribution is 5.18. The molecule has 0 aromatic heterocycles. The SMILES string of the molecule is CON(C)C(CN)c1ccccc1. The Labute approximate surface area is 79.1 Å². The van der Waals surface area contributed by atoms with Gasteiger partial charge in [0.15, 0.2) is 0 Å². The van der Waals surface area contributed by atoms with Crippen molar-refractivity contribution in [2.24, 2.45) is 5.73 Å². The summed E-state index contributed by atoms with van der Waals surface area (Å²) >= 11 is 0. The minimum atomic E-state index is 0.131. The molecule has 0 aliphatic heterocycles. The number of hydrogen-bond donors (Lipinski definition) is 1. The molecule has 3 nitrogen and oxygen atoms in total. The van der Waals surface area contributed by atoms with E-state index in [-0.39, 0.29) is 6.04 Å². The molecule has 3 heteroatoms. The van der Waals surface area contributed by atoms with E-state index in [1.807, 2.05) is 37.4 Å². The lowest BCUT2D eigenvalue weighted by atomic mass is 10.1. The van der Waals surface area contributed by atoms with E-state index < -0.39 is 0 Å². The summed E-state index contributed by atoms with van der Waals surface area (Å²) in [7, 11) is 3.52. The van der Waals surface area contributed by atoms with E-state index >= 15 is 0 Å². The fourth-order valence-corrected chi connectivity index (χ4v) is 1.30. The molecule has 72 valence electrons. The van der Waals surface area contributed by atoms with Crippen LogP contribution >= 0.6 is 0 Å². The molecule has 0 heterocycles. The first-order chi connectivity index (χ1) is 6.29. The van der Waals surface area contributed by atoms with Crippen molar-refractivity contribution in [3.05, 3.63) is 35.9 Å². The normalized spacial score (nSPS) is 13.2. The number of nitrogens with zero attached hydrogens (tertiary/aromatic N) is 1. The van der Waals surface area contributed by atoms with Gasteiger partial charge in [-0.15, -0.1) is 0 Å².